The third kappa shape index (κ3) is 5.29. The van der Waals surface area contributed by atoms with Crippen LogP contribution >= 0.6 is 23.5 Å². The van der Waals surface area contributed by atoms with Crippen LogP contribution in [0.2, 0.25) is 0 Å². The van der Waals surface area contributed by atoms with Crippen molar-refractivity contribution in [2.45, 2.75) is 25.5 Å². The third-order valence-electron chi connectivity index (χ3n) is 13.0. The summed E-state index contributed by atoms with van der Waals surface area (Å²) in [7, 11) is 0. The second-order valence-corrected chi connectivity index (χ2v) is 18.4. The normalized spacial score (nSPS) is 15.9. The standard InChI is InChI=1S/C57H38FNS2/c58-55-60-53-31-17-30-52(54(53)61-55)59(42-33-35-50-47(36-42)45-27-14-16-29-49(45)56(50,38-18-5-1-6-19-38)39-20-7-2-8-21-39)43-32-34-46-44-26-13-15-28-48(44)57(51(46)37-43,40-22-9-3-10-23-40)41-24-11-4-12-25-41/h1-37,55H. The summed E-state index contributed by atoms with van der Waals surface area (Å²) in [6, 6.07) is 81.8. The number of hydrogen-bond acceptors (Lipinski definition) is 3. The zero-order chi connectivity index (χ0) is 40.5. The highest BCUT2D eigenvalue weighted by molar-refractivity contribution is 8.19. The van der Waals surface area contributed by atoms with Crippen LogP contribution in [0.3, 0.4) is 0 Å². The largest absolute Gasteiger partial charge is 0.309 e. The van der Waals surface area contributed by atoms with E-state index in [4.69, 9.17) is 0 Å². The molecule has 0 amide bonds. The number of alkyl halides is 1. The molecule has 0 fully saturated rings. The topological polar surface area (TPSA) is 3.24 Å². The van der Waals surface area contributed by atoms with Gasteiger partial charge in [-0.05, 0) is 103 Å². The first-order valence-electron chi connectivity index (χ1n) is 20.8. The summed E-state index contributed by atoms with van der Waals surface area (Å²) in [5, 5.41) is 0. The Bertz CT molecular complexity index is 3030. The van der Waals surface area contributed by atoms with Crippen LogP contribution in [0, 0.1) is 0 Å². The Hall–Kier alpha value is -6.59. The molecule has 3 aliphatic rings. The lowest BCUT2D eigenvalue weighted by Crippen LogP contribution is -2.29. The maximum atomic E-state index is 15.4. The van der Waals surface area contributed by atoms with E-state index < -0.39 is 15.7 Å². The van der Waals surface area contributed by atoms with E-state index in [1.165, 1.54) is 90.3 Å². The van der Waals surface area contributed by atoms with Gasteiger partial charge in [-0.15, -0.1) is 0 Å². The van der Waals surface area contributed by atoms with Crippen LogP contribution in [-0.4, -0.2) is 4.84 Å². The predicted molar refractivity (Wildman–Crippen MR) is 252 cm³/mol. The summed E-state index contributed by atoms with van der Waals surface area (Å²) in [5.41, 5.74) is 16.7. The fourth-order valence-electron chi connectivity index (χ4n) is 10.7. The molecule has 0 saturated heterocycles. The van der Waals surface area contributed by atoms with Gasteiger partial charge >= 0.3 is 0 Å². The molecule has 1 nitrogen and oxygen atoms in total. The second kappa shape index (κ2) is 14.3. The first-order valence-corrected chi connectivity index (χ1v) is 22.5. The summed E-state index contributed by atoms with van der Waals surface area (Å²) in [4.78, 5) is 3.24. The molecular formula is C57H38FNS2. The molecule has 0 bridgehead atoms. The third-order valence-corrected chi connectivity index (χ3v) is 15.4. The SMILES string of the molecule is FC1Sc2cccc(N(c3ccc4c(c3)-c3ccccc3C4(c3ccccc3)c3ccccc3)c3ccc4c(c3)C(c3ccccc3)(c3ccccc3)c3ccccc3-4)c2S1. The van der Waals surface area contributed by atoms with Crippen LogP contribution in [0.15, 0.2) is 234 Å². The van der Waals surface area contributed by atoms with E-state index in [0.717, 1.165) is 26.9 Å². The van der Waals surface area contributed by atoms with Gasteiger partial charge in [0.2, 0.25) is 4.84 Å². The average molecular weight is 820 g/mol. The number of benzene rings is 9. The zero-order valence-corrected chi connectivity index (χ0v) is 34.7. The van der Waals surface area contributed by atoms with Gasteiger partial charge in [-0.1, -0.05) is 212 Å². The predicted octanol–water partition coefficient (Wildman–Crippen LogP) is 15.3. The number of anilines is 3. The fraction of sp³-hybridized carbons (Fsp3) is 0.0526. The van der Waals surface area contributed by atoms with Crippen molar-refractivity contribution in [2.24, 2.45) is 0 Å². The Morgan fingerprint density at radius 2 is 0.803 bits per heavy atom. The van der Waals surface area contributed by atoms with E-state index in [0.29, 0.717) is 0 Å². The lowest BCUT2D eigenvalue weighted by molar-refractivity contribution is 0.571. The fourth-order valence-corrected chi connectivity index (χ4v) is 13.0. The van der Waals surface area contributed by atoms with E-state index in [-0.39, 0.29) is 0 Å². The van der Waals surface area contributed by atoms with Gasteiger partial charge in [0.15, 0.2) is 0 Å². The molecular weight excluding hydrogens is 782 g/mol. The van der Waals surface area contributed by atoms with Gasteiger partial charge in [-0.25, -0.2) is 4.39 Å². The summed E-state index contributed by atoms with van der Waals surface area (Å²) < 4.78 is 15.4. The Kier molecular flexibility index (Phi) is 8.48. The average Bonchev–Trinajstić information content (AvgIpc) is 3.96. The summed E-state index contributed by atoms with van der Waals surface area (Å²) in [6.45, 7) is 0. The molecule has 2 aliphatic carbocycles. The minimum Gasteiger partial charge on any atom is -0.309 e. The lowest BCUT2D eigenvalue weighted by atomic mass is 9.67. The van der Waals surface area contributed by atoms with Crippen molar-refractivity contribution in [3.63, 3.8) is 0 Å². The van der Waals surface area contributed by atoms with E-state index in [2.05, 4.69) is 229 Å². The molecule has 290 valence electrons. The van der Waals surface area contributed by atoms with E-state index >= 15 is 4.39 Å². The van der Waals surface area contributed by atoms with Crippen LogP contribution in [-0.2, 0) is 10.8 Å². The van der Waals surface area contributed by atoms with E-state index in [1.807, 2.05) is 0 Å². The number of halogens is 1. The van der Waals surface area contributed by atoms with Gasteiger partial charge in [0.25, 0.3) is 0 Å². The van der Waals surface area contributed by atoms with E-state index in [1.54, 1.807) is 0 Å². The quantitative estimate of drug-likeness (QED) is 0.158. The van der Waals surface area contributed by atoms with Crippen molar-refractivity contribution in [2.75, 3.05) is 4.90 Å². The highest BCUT2D eigenvalue weighted by Crippen LogP contribution is 2.61. The maximum absolute atomic E-state index is 15.4. The van der Waals surface area contributed by atoms with Crippen LogP contribution in [0.1, 0.15) is 44.5 Å². The Morgan fingerprint density at radius 3 is 1.38 bits per heavy atom. The van der Waals surface area contributed by atoms with Crippen LogP contribution in [0.4, 0.5) is 21.5 Å². The van der Waals surface area contributed by atoms with Crippen molar-refractivity contribution in [3.8, 4) is 22.3 Å². The van der Waals surface area contributed by atoms with Gasteiger partial charge in [0.1, 0.15) is 0 Å². The van der Waals surface area contributed by atoms with Gasteiger partial charge in [0.05, 0.1) is 16.5 Å². The minimum absolute atomic E-state index is 0.510. The van der Waals surface area contributed by atoms with Gasteiger partial charge in [0, 0.05) is 21.2 Å². The van der Waals surface area contributed by atoms with Crippen molar-refractivity contribution < 1.29 is 4.39 Å². The molecule has 1 aliphatic heterocycles. The maximum Gasteiger partial charge on any atom is 0.200 e. The van der Waals surface area contributed by atoms with Crippen molar-refractivity contribution in [3.05, 3.63) is 269 Å². The molecule has 1 unspecified atom stereocenters. The number of nitrogens with zero attached hydrogens (tertiary/aromatic N) is 1. The summed E-state index contributed by atoms with van der Waals surface area (Å²) in [6.07, 6.45) is 0. The number of thioether (sulfide) groups is 2. The van der Waals surface area contributed by atoms with Crippen LogP contribution in [0.25, 0.3) is 22.3 Å². The van der Waals surface area contributed by atoms with Crippen LogP contribution in [0.5, 0.6) is 0 Å². The zero-order valence-electron chi connectivity index (χ0n) is 33.1. The Labute approximate surface area is 364 Å². The van der Waals surface area contributed by atoms with Gasteiger partial charge in [-0.2, -0.15) is 0 Å². The first-order chi connectivity index (χ1) is 30.2. The molecule has 12 rings (SSSR count). The van der Waals surface area contributed by atoms with Gasteiger partial charge < -0.3 is 4.90 Å². The van der Waals surface area contributed by atoms with Crippen molar-refractivity contribution in [1.29, 1.82) is 0 Å². The molecule has 0 spiro atoms. The lowest BCUT2D eigenvalue weighted by Gasteiger charge is -2.35. The van der Waals surface area contributed by atoms with Crippen molar-refractivity contribution >= 4 is 40.6 Å². The number of fused-ring (bicyclic) bond motifs is 7. The Balaban J connectivity index is 1.13. The molecule has 0 N–H and O–H groups in total. The molecule has 1 atom stereocenters. The van der Waals surface area contributed by atoms with Gasteiger partial charge in [-0.3, -0.25) is 0 Å². The first kappa shape index (κ1) is 36.3. The molecule has 0 aromatic heterocycles. The molecule has 61 heavy (non-hydrogen) atoms. The molecule has 9 aromatic rings. The summed E-state index contributed by atoms with van der Waals surface area (Å²) >= 11 is 2.60. The smallest absolute Gasteiger partial charge is 0.200 e. The molecule has 4 heteroatoms. The molecule has 9 aromatic carbocycles. The molecule has 0 radical (unpaired) electrons. The number of hydrogen-bond donors (Lipinski definition) is 0. The summed E-state index contributed by atoms with van der Waals surface area (Å²) in [5.74, 6) is 0. The molecule has 1 heterocycles. The molecule has 0 saturated carbocycles. The minimum atomic E-state index is -1.07. The van der Waals surface area contributed by atoms with Crippen molar-refractivity contribution in [1.82, 2.24) is 0 Å². The van der Waals surface area contributed by atoms with Crippen LogP contribution < -0.4 is 4.90 Å². The highest BCUT2D eigenvalue weighted by atomic mass is 32.2. The van der Waals surface area contributed by atoms with E-state index in [9.17, 15) is 0 Å². The second-order valence-electron chi connectivity index (χ2n) is 16.0. The highest BCUT2D eigenvalue weighted by Gasteiger charge is 2.48. The Morgan fingerprint density at radius 1 is 0.361 bits per heavy atom. The monoisotopic (exact) mass is 819 g/mol. The number of rotatable bonds is 7.